The fourth-order valence-electron chi connectivity index (χ4n) is 3.20. The summed E-state index contributed by atoms with van der Waals surface area (Å²) in [7, 11) is 0. The summed E-state index contributed by atoms with van der Waals surface area (Å²) in [6, 6.07) is 15.0. The zero-order valence-corrected chi connectivity index (χ0v) is 12.2. The van der Waals surface area contributed by atoms with E-state index in [1.165, 1.54) is 27.8 Å². The number of hydrogen-bond donors (Lipinski definition) is 0. The quantitative estimate of drug-likeness (QED) is 0.678. The van der Waals surface area contributed by atoms with E-state index in [1.54, 1.807) is 0 Å². The maximum atomic E-state index is 6.11. The van der Waals surface area contributed by atoms with Crippen molar-refractivity contribution in [2.24, 2.45) is 0 Å². The molecular formula is C17H16Cl2. The lowest BCUT2D eigenvalue weighted by Gasteiger charge is -2.18. The molecule has 0 aromatic heterocycles. The molecule has 1 unspecified atom stereocenters. The molecule has 0 heterocycles. The average Bonchev–Trinajstić information content (AvgIpc) is 2.91. The van der Waals surface area contributed by atoms with Crippen molar-refractivity contribution in [3.05, 3.63) is 70.3 Å². The number of halogens is 2. The van der Waals surface area contributed by atoms with E-state index in [-0.39, 0.29) is 0 Å². The van der Waals surface area contributed by atoms with E-state index in [2.05, 4.69) is 42.5 Å². The molecule has 0 nitrogen and oxygen atoms in total. The first-order chi connectivity index (χ1) is 9.35. The predicted octanol–water partition coefficient (Wildman–Crippen LogP) is 5.24. The number of fused-ring (bicyclic) bond motifs is 1. The van der Waals surface area contributed by atoms with Crippen molar-refractivity contribution in [2.45, 2.75) is 30.5 Å². The van der Waals surface area contributed by atoms with Gasteiger partial charge in [0.1, 0.15) is 0 Å². The van der Waals surface area contributed by atoms with Gasteiger partial charge in [0.2, 0.25) is 0 Å². The van der Waals surface area contributed by atoms with Crippen molar-refractivity contribution >= 4 is 23.2 Å². The van der Waals surface area contributed by atoms with E-state index in [1.807, 2.05) is 0 Å². The highest BCUT2D eigenvalue weighted by Crippen LogP contribution is 2.41. The van der Waals surface area contributed by atoms with Gasteiger partial charge in [0.25, 0.3) is 0 Å². The number of rotatable bonds is 3. The number of aryl methyl sites for hydroxylation is 1. The van der Waals surface area contributed by atoms with Crippen molar-refractivity contribution in [1.82, 2.24) is 0 Å². The SMILES string of the molecule is ClCc1ccccc1C1CCc2cccc(CCl)c21. The Bertz CT molecular complexity index is 590. The molecule has 1 aliphatic carbocycles. The molecule has 0 spiro atoms. The highest BCUT2D eigenvalue weighted by Gasteiger charge is 2.27. The molecule has 2 aromatic carbocycles. The largest absolute Gasteiger partial charge is 0.122 e. The Kier molecular flexibility index (Phi) is 3.81. The second kappa shape index (κ2) is 5.56. The highest BCUT2D eigenvalue weighted by molar-refractivity contribution is 6.17. The molecule has 3 rings (SSSR count). The third-order valence-electron chi connectivity index (χ3n) is 4.06. The van der Waals surface area contributed by atoms with Gasteiger partial charge in [0.05, 0.1) is 0 Å². The van der Waals surface area contributed by atoms with Gasteiger partial charge in [-0.25, -0.2) is 0 Å². The molecule has 1 atom stereocenters. The van der Waals surface area contributed by atoms with Gasteiger partial charge in [0.15, 0.2) is 0 Å². The molecule has 0 saturated carbocycles. The van der Waals surface area contributed by atoms with Gasteiger partial charge in [-0.1, -0.05) is 42.5 Å². The van der Waals surface area contributed by atoms with Crippen LogP contribution in [0, 0.1) is 0 Å². The lowest BCUT2D eigenvalue weighted by atomic mass is 9.87. The van der Waals surface area contributed by atoms with Crippen molar-refractivity contribution in [2.75, 3.05) is 0 Å². The van der Waals surface area contributed by atoms with Crippen LogP contribution >= 0.6 is 23.2 Å². The average molecular weight is 291 g/mol. The highest BCUT2D eigenvalue weighted by atomic mass is 35.5. The first-order valence-corrected chi connectivity index (χ1v) is 7.72. The Morgan fingerprint density at radius 2 is 1.63 bits per heavy atom. The smallest absolute Gasteiger partial charge is 0.0477 e. The van der Waals surface area contributed by atoms with E-state index in [9.17, 15) is 0 Å². The predicted molar refractivity (Wildman–Crippen MR) is 82.2 cm³/mol. The molecule has 0 fully saturated rings. The molecule has 19 heavy (non-hydrogen) atoms. The second-order valence-electron chi connectivity index (χ2n) is 5.05. The monoisotopic (exact) mass is 290 g/mol. The van der Waals surface area contributed by atoms with E-state index < -0.39 is 0 Å². The van der Waals surface area contributed by atoms with Crippen LogP contribution in [0.1, 0.15) is 40.2 Å². The molecule has 0 N–H and O–H groups in total. The molecule has 98 valence electrons. The van der Waals surface area contributed by atoms with Crippen LogP contribution in [-0.4, -0.2) is 0 Å². The van der Waals surface area contributed by atoms with Gasteiger partial charge in [-0.15, -0.1) is 23.2 Å². The topological polar surface area (TPSA) is 0 Å². The fraction of sp³-hybridized carbons (Fsp3) is 0.294. The zero-order chi connectivity index (χ0) is 13.2. The number of benzene rings is 2. The third kappa shape index (κ3) is 2.28. The van der Waals surface area contributed by atoms with E-state index in [0.29, 0.717) is 17.7 Å². The summed E-state index contributed by atoms with van der Waals surface area (Å²) in [5, 5.41) is 0. The van der Waals surface area contributed by atoms with Crippen LogP contribution in [0.5, 0.6) is 0 Å². The van der Waals surface area contributed by atoms with Crippen LogP contribution in [0.2, 0.25) is 0 Å². The molecular weight excluding hydrogens is 275 g/mol. The van der Waals surface area contributed by atoms with Crippen LogP contribution in [0.25, 0.3) is 0 Å². The molecule has 2 aromatic rings. The summed E-state index contributed by atoms with van der Waals surface area (Å²) in [6.45, 7) is 0. The Morgan fingerprint density at radius 3 is 2.42 bits per heavy atom. The standard InChI is InChI=1S/C17H16Cl2/c18-10-13-4-1-2-7-15(13)16-9-8-12-5-3-6-14(11-19)17(12)16/h1-7,16H,8-11H2. The van der Waals surface area contributed by atoms with E-state index in [0.717, 1.165) is 12.8 Å². The van der Waals surface area contributed by atoms with E-state index in [4.69, 9.17) is 23.2 Å². The van der Waals surface area contributed by atoms with Gasteiger partial charge in [-0.2, -0.15) is 0 Å². The minimum Gasteiger partial charge on any atom is -0.122 e. The zero-order valence-electron chi connectivity index (χ0n) is 10.7. The molecule has 0 amide bonds. The van der Waals surface area contributed by atoms with Crippen molar-refractivity contribution in [3.8, 4) is 0 Å². The number of alkyl halides is 2. The summed E-state index contributed by atoms with van der Waals surface area (Å²) < 4.78 is 0. The van der Waals surface area contributed by atoms with Gasteiger partial charge in [-0.05, 0) is 40.7 Å². The summed E-state index contributed by atoms with van der Waals surface area (Å²) in [4.78, 5) is 0. The minimum atomic E-state index is 0.458. The Morgan fingerprint density at radius 1 is 0.895 bits per heavy atom. The first kappa shape index (κ1) is 13.0. The fourth-order valence-corrected chi connectivity index (χ4v) is 3.68. The summed E-state index contributed by atoms with van der Waals surface area (Å²) in [5.41, 5.74) is 6.77. The normalized spacial score (nSPS) is 17.5. The molecule has 0 saturated heterocycles. The van der Waals surface area contributed by atoms with Crippen LogP contribution in [0.4, 0.5) is 0 Å². The first-order valence-electron chi connectivity index (χ1n) is 6.65. The van der Waals surface area contributed by atoms with Crippen LogP contribution in [0.3, 0.4) is 0 Å². The summed E-state index contributed by atoms with van der Waals surface area (Å²) in [6.07, 6.45) is 2.30. The number of hydrogen-bond acceptors (Lipinski definition) is 0. The Hall–Kier alpha value is -0.980. The van der Waals surface area contributed by atoms with Crippen molar-refractivity contribution in [1.29, 1.82) is 0 Å². The summed E-state index contributed by atoms with van der Waals surface area (Å²) in [5.74, 6) is 1.62. The molecule has 0 bridgehead atoms. The van der Waals surface area contributed by atoms with Crippen LogP contribution < -0.4 is 0 Å². The summed E-state index contributed by atoms with van der Waals surface area (Å²) >= 11 is 12.2. The third-order valence-corrected chi connectivity index (χ3v) is 4.63. The van der Waals surface area contributed by atoms with Crippen LogP contribution in [-0.2, 0) is 18.2 Å². The maximum Gasteiger partial charge on any atom is 0.0477 e. The molecule has 0 aliphatic heterocycles. The lowest BCUT2D eigenvalue weighted by Crippen LogP contribution is -2.03. The van der Waals surface area contributed by atoms with Crippen molar-refractivity contribution in [3.63, 3.8) is 0 Å². The van der Waals surface area contributed by atoms with Gasteiger partial charge >= 0.3 is 0 Å². The molecule has 1 aliphatic rings. The van der Waals surface area contributed by atoms with Gasteiger partial charge in [0, 0.05) is 17.7 Å². The van der Waals surface area contributed by atoms with Gasteiger partial charge < -0.3 is 0 Å². The molecule has 0 radical (unpaired) electrons. The van der Waals surface area contributed by atoms with E-state index >= 15 is 0 Å². The van der Waals surface area contributed by atoms with Gasteiger partial charge in [-0.3, -0.25) is 0 Å². The molecule has 2 heteroatoms. The Balaban J connectivity index is 2.11. The lowest BCUT2D eigenvalue weighted by molar-refractivity contribution is 0.777. The van der Waals surface area contributed by atoms with Crippen molar-refractivity contribution < 1.29 is 0 Å². The second-order valence-corrected chi connectivity index (χ2v) is 5.58. The maximum absolute atomic E-state index is 6.11. The Labute approximate surface area is 124 Å². The van der Waals surface area contributed by atoms with Crippen LogP contribution in [0.15, 0.2) is 42.5 Å². The minimum absolute atomic E-state index is 0.458.